The zero-order chi connectivity index (χ0) is 23.5. The number of hydrogen-bond acceptors (Lipinski definition) is 5. The molecule has 0 bridgehead atoms. The van der Waals surface area contributed by atoms with Crippen molar-refractivity contribution >= 4 is 11.5 Å². The van der Waals surface area contributed by atoms with Gasteiger partial charge in [-0.3, -0.25) is 4.79 Å². The first-order valence-corrected chi connectivity index (χ1v) is 10.4. The quantitative estimate of drug-likeness (QED) is 0.311. The van der Waals surface area contributed by atoms with E-state index in [1.165, 1.54) is 26.9 Å². The molecule has 0 spiro atoms. The standard InChI is InChI=1S/C27H26N2O4/c1-17-5-11-21(12-6-17)29-15-22(18-7-9-20(28)10-8-18)23(16-29)26(30)19-13-24(31-2)27(33-4)25(14-19)32-3/h5-16H,28H2,1-4H3. The minimum Gasteiger partial charge on any atom is -0.493 e. The number of anilines is 1. The van der Waals surface area contributed by atoms with E-state index in [-0.39, 0.29) is 5.78 Å². The summed E-state index contributed by atoms with van der Waals surface area (Å²) < 4.78 is 18.2. The lowest BCUT2D eigenvalue weighted by Crippen LogP contribution is -2.04. The highest BCUT2D eigenvalue weighted by Gasteiger charge is 2.22. The minimum absolute atomic E-state index is 0.160. The first-order chi connectivity index (χ1) is 15.9. The third kappa shape index (κ3) is 4.28. The van der Waals surface area contributed by atoms with E-state index in [0.29, 0.717) is 34.1 Å². The van der Waals surface area contributed by atoms with Crippen molar-refractivity contribution < 1.29 is 19.0 Å². The van der Waals surface area contributed by atoms with Crippen molar-refractivity contribution in [3.05, 3.63) is 89.7 Å². The van der Waals surface area contributed by atoms with Crippen molar-refractivity contribution in [2.75, 3.05) is 27.1 Å². The van der Waals surface area contributed by atoms with E-state index in [1.807, 2.05) is 72.4 Å². The summed E-state index contributed by atoms with van der Waals surface area (Å²) in [6.07, 6.45) is 3.81. The molecule has 1 aromatic heterocycles. The van der Waals surface area contributed by atoms with E-state index in [0.717, 1.165) is 16.8 Å². The Labute approximate surface area is 193 Å². The summed E-state index contributed by atoms with van der Waals surface area (Å²) in [5, 5.41) is 0. The summed E-state index contributed by atoms with van der Waals surface area (Å²) in [5.74, 6) is 1.12. The number of carbonyl (C=O) groups is 1. The Morgan fingerprint density at radius 2 is 1.42 bits per heavy atom. The Kier molecular flexibility index (Phi) is 6.09. The van der Waals surface area contributed by atoms with Gasteiger partial charge in [0.2, 0.25) is 5.75 Å². The first kappa shape index (κ1) is 22.0. The van der Waals surface area contributed by atoms with Crippen LogP contribution >= 0.6 is 0 Å². The van der Waals surface area contributed by atoms with Gasteiger partial charge in [-0.2, -0.15) is 0 Å². The number of ketones is 1. The van der Waals surface area contributed by atoms with Crippen molar-refractivity contribution in [1.29, 1.82) is 0 Å². The highest BCUT2D eigenvalue weighted by atomic mass is 16.5. The summed E-state index contributed by atoms with van der Waals surface area (Å²) in [4.78, 5) is 13.8. The topological polar surface area (TPSA) is 75.7 Å². The largest absolute Gasteiger partial charge is 0.493 e. The van der Waals surface area contributed by atoms with Gasteiger partial charge in [0.05, 0.1) is 21.3 Å². The summed E-state index contributed by atoms with van der Waals surface area (Å²) in [6, 6.07) is 18.9. The van der Waals surface area contributed by atoms with Gasteiger partial charge < -0.3 is 24.5 Å². The van der Waals surface area contributed by atoms with Gasteiger partial charge in [-0.15, -0.1) is 0 Å². The Bertz CT molecular complexity index is 1260. The lowest BCUT2D eigenvalue weighted by Gasteiger charge is -2.14. The normalized spacial score (nSPS) is 10.7. The number of benzene rings is 3. The van der Waals surface area contributed by atoms with Crippen LogP contribution in [0.15, 0.2) is 73.1 Å². The fourth-order valence-corrected chi connectivity index (χ4v) is 3.76. The van der Waals surface area contributed by atoms with Gasteiger partial charge >= 0.3 is 0 Å². The third-order valence-electron chi connectivity index (χ3n) is 5.55. The molecule has 0 aliphatic carbocycles. The number of aromatic nitrogens is 1. The fraction of sp³-hybridized carbons (Fsp3) is 0.148. The van der Waals surface area contributed by atoms with Gasteiger partial charge in [0.1, 0.15) is 0 Å². The maximum Gasteiger partial charge on any atom is 0.203 e. The van der Waals surface area contributed by atoms with Crippen LogP contribution in [0.1, 0.15) is 21.5 Å². The summed E-state index contributed by atoms with van der Waals surface area (Å²) in [7, 11) is 4.58. The molecule has 0 saturated carbocycles. The lowest BCUT2D eigenvalue weighted by atomic mass is 9.97. The molecule has 0 fully saturated rings. The van der Waals surface area contributed by atoms with Crippen molar-refractivity contribution in [3.63, 3.8) is 0 Å². The van der Waals surface area contributed by atoms with Crippen LogP contribution in [0.3, 0.4) is 0 Å². The molecule has 0 unspecified atom stereocenters. The van der Waals surface area contributed by atoms with Crippen LogP contribution in [-0.4, -0.2) is 31.7 Å². The Morgan fingerprint density at radius 1 is 0.818 bits per heavy atom. The lowest BCUT2D eigenvalue weighted by molar-refractivity contribution is 0.103. The number of nitrogens with two attached hydrogens (primary N) is 1. The number of aryl methyl sites for hydroxylation is 1. The zero-order valence-electron chi connectivity index (χ0n) is 19.1. The number of rotatable bonds is 7. The summed E-state index contributed by atoms with van der Waals surface area (Å²) >= 11 is 0. The van der Waals surface area contributed by atoms with Crippen LogP contribution < -0.4 is 19.9 Å². The number of methoxy groups -OCH3 is 3. The molecule has 0 aliphatic rings. The van der Waals surface area contributed by atoms with Gasteiger partial charge in [0.25, 0.3) is 0 Å². The molecule has 6 nitrogen and oxygen atoms in total. The van der Waals surface area contributed by atoms with Crippen molar-refractivity contribution in [1.82, 2.24) is 4.57 Å². The number of nitrogen functional groups attached to an aromatic ring is 1. The number of carbonyl (C=O) groups excluding carboxylic acids is 1. The SMILES string of the molecule is COc1cc(C(=O)c2cn(-c3ccc(C)cc3)cc2-c2ccc(N)cc2)cc(OC)c1OC. The van der Waals surface area contributed by atoms with Crippen LogP contribution in [0.4, 0.5) is 5.69 Å². The molecule has 0 atom stereocenters. The molecule has 2 N–H and O–H groups in total. The number of ether oxygens (including phenoxy) is 3. The van der Waals surface area contributed by atoms with Gasteiger partial charge in [-0.1, -0.05) is 29.8 Å². The second kappa shape index (κ2) is 9.12. The van der Waals surface area contributed by atoms with Crippen LogP contribution in [0.2, 0.25) is 0 Å². The van der Waals surface area contributed by atoms with E-state index < -0.39 is 0 Å². The molecular weight excluding hydrogens is 416 g/mol. The number of hydrogen-bond donors (Lipinski definition) is 1. The predicted octanol–water partition coefficient (Wildman–Crippen LogP) is 5.29. The Balaban J connectivity index is 1.87. The van der Waals surface area contributed by atoms with Crippen molar-refractivity contribution in [3.8, 4) is 34.1 Å². The van der Waals surface area contributed by atoms with Gasteiger partial charge in [0, 0.05) is 40.5 Å². The van der Waals surface area contributed by atoms with Crippen LogP contribution in [0.5, 0.6) is 17.2 Å². The van der Waals surface area contributed by atoms with Crippen molar-refractivity contribution in [2.45, 2.75) is 6.92 Å². The molecule has 0 aliphatic heterocycles. The second-order valence-corrected chi connectivity index (χ2v) is 7.69. The highest BCUT2D eigenvalue weighted by Crippen LogP contribution is 2.39. The van der Waals surface area contributed by atoms with Crippen LogP contribution in [0, 0.1) is 6.92 Å². The molecule has 0 amide bonds. The fourth-order valence-electron chi connectivity index (χ4n) is 3.76. The van der Waals surface area contributed by atoms with Gasteiger partial charge in [-0.25, -0.2) is 0 Å². The van der Waals surface area contributed by atoms with E-state index in [2.05, 4.69) is 0 Å². The molecule has 3 aromatic carbocycles. The molecule has 1 heterocycles. The van der Waals surface area contributed by atoms with Gasteiger partial charge in [-0.05, 0) is 48.9 Å². The molecule has 168 valence electrons. The highest BCUT2D eigenvalue weighted by molar-refractivity contribution is 6.13. The molecule has 4 rings (SSSR count). The Hall–Kier alpha value is -4.19. The molecule has 6 heteroatoms. The smallest absolute Gasteiger partial charge is 0.203 e. The van der Waals surface area contributed by atoms with E-state index in [1.54, 1.807) is 12.1 Å². The minimum atomic E-state index is -0.160. The predicted molar refractivity (Wildman–Crippen MR) is 130 cm³/mol. The van der Waals surface area contributed by atoms with Crippen LogP contribution in [0.25, 0.3) is 16.8 Å². The number of nitrogens with zero attached hydrogens (tertiary/aromatic N) is 1. The summed E-state index contributed by atoms with van der Waals surface area (Å²) in [6.45, 7) is 2.04. The van der Waals surface area contributed by atoms with E-state index in [9.17, 15) is 4.79 Å². The molecule has 4 aromatic rings. The second-order valence-electron chi connectivity index (χ2n) is 7.69. The maximum atomic E-state index is 13.8. The average Bonchev–Trinajstić information content (AvgIpc) is 3.28. The molecule has 0 radical (unpaired) electrons. The van der Waals surface area contributed by atoms with Gasteiger partial charge in [0.15, 0.2) is 17.3 Å². The average molecular weight is 443 g/mol. The molecular formula is C27H26N2O4. The maximum absolute atomic E-state index is 13.8. The van der Waals surface area contributed by atoms with E-state index in [4.69, 9.17) is 19.9 Å². The third-order valence-corrected chi connectivity index (χ3v) is 5.55. The molecule has 33 heavy (non-hydrogen) atoms. The monoisotopic (exact) mass is 442 g/mol. The van der Waals surface area contributed by atoms with Crippen LogP contribution in [-0.2, 0) is 0 Å². The summed E-state index contributed by atoms with van der Waals surface area (Å²) in [5.41, 5.74) is 11.3. The molecule has 0 saturated heterocycles. The zero-order valence-corrected chi connectivity index (χ0v) is 19.1. The van der Waals surface area contributed by atoms with E-state index >= 15 is 0 Å². The Morgan fingerprint density at radius 3 is 1.97 bits per heavy atom. The first-order valence-electron chi connectivity index (χ1n) is 10.4. The van der Waals surface area contributed by atoms with Crippen molar-refractivity contribution in [2.24, 2.45) is 0 Å².